The summed E-state index contributed by atoms with van der Waals surface area (Å²) in [6.45, 7) is 7.84. The minimum atomic E-state index is -1.24. The van der Waals surface area contributed by atoms with Gasteiger partial charge < -0.3 is 5.32 Å². The number of quaternary nitrogens is 1. The molecule has 198 valence electrons. The molecule has 3 heterocycles. The predicted octanol–water partition coefficient (Wildman–Crippen LogP) is 4.94. The second-order valence-electron chi connectivity index (χ2n) is 12.1. The lowest BCUT2D eigenvalue weighted by Crippen LogP contribution is -3.12. The summed E-state index contributed by atoms with van der Waals surface area (Å²) in [5, 5.41) is 3.11. The first-order chi connectivity index (χ1) is 18.7. The Kier molecular flexibility index (Phi) is 5.96. The average molecular weight is 520 g/mol. The van der Waals surface area contributed by atoms with Crippen LogP contribution in [0.4, 0.5) is 5.69 Å². The molecule has 3 aromatic carbocycles. The normalized spacial score (nSPS) is 26.6. The minimum Gasteiger partial charge on any atom is -0.325 e. The van der Waals surface area contributed by atoms with E-state index in [9.17, 15) is 14.4 Å². The number of benzene rings is 3. The van der Waals surface area contributed by atoms with E-state index in [1.54, 1.807) is 0 Å². The monoisotopic (exact) mass is 519 g/mol. The van der Waals surface area contributed by atoms with Crippen molar-refractivity contribution in [3.63, 3.8) is 0 Å². The van der Waals surface area contributed by atoms with Gasteiger partial charge in [-0.1, -0.05) is 101 Å². The third kappa shape index (κ3) is 3.67. The highest BCUT2D eigenvalue weighted by molar-refractivity contribution is 6.14. The SMILES string of the molecule is CCCc1ccc(C(=O)[C@H]2[C@H](C(=O)C(C)(C)C)[NH+]3C=Cc4ccccc4[C@@H]3[C@]23C(=O)Nc2ccccc23)cc1. The Morgan fingerprint density at radius 3 is 2.36 bits per heavy atom. The quantitative estimate of drug-likeness (QED) is 0.470. The fraction of sp³-hybridized carbons (Fsp3) is 0.324. The van der Waals surface area contributed by atoms with Gasteiger partial charge in [0.25, 0.3) is 0 Å². The molecule has 0 radical (unpaired) electrons. The maximum atomic E-state index is 14.8. The molecule has 1 amide bonds. The predicted molar refractivity (Wildman–Crippen MR) is 152 cm³/mol. The third-order valence-corrected chi connectivity index (χ3v) is 8.81. The number of rotatable bonds is 5. The van der Waals surface area contributed by atoms with Gasteiger partial charge in [0.1, 0.15) is 17.4 Å². The van der Waals surface area contributed by atoms with Gasteiger partial charge in [0.05, 0.1) is 6.20 Å². The molecule has 0 saturated carbocycles. The molecule has 1 unspecified atom stereocenters. The van der Waals surface area contributed by atoms with Gasteiger partial charge in [0.2, 0.25) is 5.91 Å². The van der Waals surface area contributed by atoms with E-state index in [1.165, 1.54) is 5.56 Å². The van der Waals surface area contributed by atoms with E-state index >= 15 is 0 Å². The molecule has 0 aliphatic carbocycles. The van der Waals surface area contributed by atoms with Gasteiger partial charge in [-0.2, -0.15) is 0 Å². The zero-order chi connectivity index (χ0) is 27.5. The van der Waals surface area contributed by atoms with E-state index in [2.05, 4.69) is 12.2 Å². The van der Waals surface area contributed by atoms with Gasteiger partial charge in [-0.25, -0.2) is 0 Å². The lowest BCUT2D eigenvalue weighted by molar-refractivity contribution is -0.885. The molecule has 5 nitrogen and oxygen atoms in total. The first-order valence-electron chi connectivity index (χ1n) is 13.9. The van der Waals surface area contributed by atoms with Gasteiger partial charge in [-0.15, -0.1) is 0 Å². The smallest absolute Gasteiger partial charge is 0.242 e. The highest BCUT2D eigenvalue weighted by Gasteiger charge is 2.74. The zero-order valence-electron chi connectivity index (χ0n) is 23.0. The van der Waals surface area contributed by atoms with Crippen LogP contribution < -0.4 is 10.2 Å². The molecular weight excluding hydrogens is 484 g/mol. The molecule has 6 rings (SSSR count). The van der Waals surface area contributed by atoms with Crippen molar-refractivity contribution < 1.29 is 19.3 Å². The highest BCUT2D eigenvalue weighted by Crippen LogP contribution is 2.56. The number of anilines is 1. The first-order valence-corrected chi connectivity index (χ1v) is 13.9. The number of carbonyl (C=O) groups excluding carboxylic acids is 3. The first kappa shape index (κ1) is 25.4. The van der Waals surface area contributed by atoms with E-state index in [0.717, 1.165) is 34.4 Å². The number of hydrogen-bond donors (Lipinski definition) is 2. The van der Waals surface area contributed by atoms with E-state index in [4.69, 9.17) is 0 Å². The maximum absolute atomic E-state index is 14.8. The summed E-state index contributed by atoms with van der Waals surface area (Å²) in [7, 11) is 0. The molecule has 3 aromatic rings. The van der Waals surface area contributed by atoms with Crippen LogP contribution in [0.15, 0.2) is 79.0 Å². The summed E-state index contributed by atoms with van der Waals surface area (Å²) in [5.74, 6) is -1.25. The summed E-state index contributed by atoms with van der Waals surface area (Å²) in [4.78, 5) is 44.4. The fourth-order valence-corrected chi connectivity index (χ4v) is 7.14. The van der Waals surface area contributed by atoms with Crippen LogP contribution in [0.3, 0.4) is 0 Å². The molecule has 39 heavy (non-hydrogen) atoms. The van der Waals surface area contributed by atoms with Crippen LogP contribution in [0.5, 0.6) is 0 Å². The van der Waals surface area contributed by atoms with Crippen molar-refractivity contribution in [2.24, 2.45) is 11.3 Å². The van der Waals surface area contributed by atoms with Crippen molar-refractivity contribution >= 4 is 29.2 Å². The summed E-state index contributed by atoms with van der Waals surface area (Å²) >= 11 is 0. The van der Waals surface area contributed by atoms with Crippen molar-refractivity contribution in [2.75, 3.05) is 5.32 Å². The van der Waals surface area contributed by atoms with Crippen LogP contribution in [0.25, 0.3) is 6.08 Å². The third-order valence-electron chi connectivity index (χ3n) is 8.81. The second kappa shape index (κ2) is 9.13. The summed E-state index contributed by atoms with van der Waals surface area (Å²) in [5.41, 5.74) is 3.29. The molecular formula is C34H35N2O3+. The van der Waals surface area contributed by atoms with Crippen molar-refractivity contribution in [1.29, 1.82) is 0 Å². The van der Waals surface area contributed by atoms with Crippen LogP contribution in [0, 0.1) is 11.3 Å². The zero-order valence-corrected chi connectivity index (χ0v) is 23.0. The molecule has 3 aliphatic heterocycles. The fourth-order valence-electron chi connectivity index (χ4n) is 7.14. The molecule has 1 spiro atoms. The van der Waals surface area contributed by atoms with E-state index < -0.39 is 28.8 Å². The van der Waals surface area contributed by atoms with Gasteiger partial charge in [0.15, 0.2) is 17.6 Å². The molecule has 1 saturated heterocycles. The molecule has 0 bridgehead atoms. The van der Waals surface area contributed by atoms with Crippen molar-refractivity contribution in [1.82, 2.24) is 0 Å². The standard InChI is InChI=1S/C34H34N2O3/c1-5-10-21-15-17-23(18-16-21)29(37)27-28(31(38)33(2,3)4)36-20-19-22-11-6-7-12-24(22)30(36)34(27)25-13-8-9-14-26(25)35-32(34)39/h6-9,11-20,27-28,30H,5,10H2,1-4H3,(H,35,39)/p+1/t27-,28-,30-,34-/m1/s1. The lowest BCUT2D eigenvalue weighted by Gasteiger charge is -2.34. The Labute approximate surface area is 229 Å². The number of ketones is 2. The van der Waals surface area contributed by atoms with Crippen LogP contribution in [0.1, 0.15) is 72.8 Å². The number of carbonyl (C=O) groups is 3. The molecule has 0 aromatic heterocycles. The maximum Gasteiger partial charge on any atom is 0.242 e. The van der Waals surface area contributed by atoms with E-state index in [0.29, 0.717) is 11.3 Å². The molecule has 3 aliphatic rings. The van der Waals surface area contributed by atoms with Gasteiger partial charge in [-0.05, 0) is 35.3 Å². The number of fused-ring (bicyclic) bond motifs is 6. The molecule has 2 N–H and O–H groups in total. The number of para-hydroxylation sites is 1. The van der Waals surface area contributed by atoms with E-state index in [-0.39, 0.29) is 17.5 Å². The topological polar surface area (TPSA) is 67.7 Å². The van der Waals surface area contributed by atoms with Crippen molar-refractivity contribution in [3.05, 3.63) is 107 Å². The lowest BCUT2D eigenvalue weighted by atomic mass is 9.62. The van der Waals surface area contributed by atoms with Crippen LogP contribution in [-0.4, -0.2) is 23.5 Å². The summed E-state index contributed by atoms with van der Waals surface area (Å²) in [6, 6.07) is 22.3. The van der Waals surface area contributed by atoms with E-state index in [1.807, 2.05) is 106 Å². The van der Waals surface area contributed by atoms with Crippen LogP contribution in [0.2, 0.25) is 0 Å². The minimum absolute atomic E-state index is 0.0125. The van der Waals surface area contributed by atoms with Crippen molar-refractivity contribution in [2.45, 2.75) is 58.0 Å². The second-order valence-corrected chi connectivity index (χ2v) is 12.1. The number of nitrogens with one attached hydrogen (secondary N) is 2. The largest absolute Gasteiger partial charge is 0.325 e. The number of Topliss-reactive ketones (excluding diaryl/α,β-unsaturated/α-hetero) is 2. The number of amides is 1. The van der Waals surface area contributed by atoms with Gasteiger partial charge in [-0.3, -0.25) is 19.3 Å². The Balaban J connectivity index is 1.64. The van der Waals surface area contributed by atoms with Crippen LogP contribution >= 0.6 is 0 Å². The molecule has 1 fully saturated rings. The Morgan fingerprint density at radius 2 is 1.64 bits per heavy atom. The summed E-state index contributed by atoms with van der Waals surface area (Å²) in [6.07, 6.45) is 5.99. The van der Waals surface area contributed by atoms with Crippen molar-refractivity contribution in [3.8, 4) is 0 Å². The summed E-state index contributed by atoms with van der Waals surface area (Å²) < 4.78 is 0. The molecule has 5 atom stereocenters. The van der Waals surface area contributed by atoms with Gasteiger partial charge >= 0.3 is 0 Å². The Hall–Kier alpha value is -3.83. The average Bonchev–Trinajstić information content (AvgIpc) is 3.40. The van der Waals surface area contributed by atoms with Gasteiger partial charge in [0, 0.05) is 22.2 Å². The van der Waals surface area contributed by atoms with Crippen LogP contribution in [-0.2, 0) is 21.4 Å². The Bertz CT molecular complexity index is 1510. The number of hydrogen-bond acceptors (Lipinski definition) is 3. The Morgan fingerprint density at radius 1 is 0.949 bits per heavy atom. The highest BCUT2D eigenvalue weighted by atomic mass is 16.2. The number of aryl methyl sites for hydroxylation is 1. The molecule has 5 heteroatoms.